The highest BCUT2D eigenvalue weighted by atomic mass is 79.9. The molecule has 7 nitrogen and oxygen atoms in total. The maximum absolute atomic E-state index is 12.7. The summed E-state index contributed by atoms with van der Waals surface area (Å²) in [5.41, 5.74) is 1.01. The molecule has 1 aromatic carbocycles. The predicted octanol–water partition coefficient (Wildman–Crippen LogP) is 1.23. The smallest absolute Gasteiger partial charge is 0.318 e. The van der Waals surface area contributed by atoms with E-state index in [0.29, 0.717) is 26.1 Å². The molecule has 0 spiro atoms. The van der Waals surface area contributed by atoms with E-state index in [4.69, 9.17) is 4.74 Å². The van der Waals surface area contributed by atoms with E-state index in [1.807, 2.05) is 24.3 Å². The highest BCUT2D eigenvalue weighted by Crippen LogP contribution is 2.19. The fourth-order valence-electron chi connectivity index (χ4n) is 3.53. The van der Waals surface area contributed by atoms with Gasteiger partial charge in [0.1, 0.15) is 6.04 Å². The highest BCUT2D eigenvalue weighted by Gasteiger charge is 2.37. The van der Waals surface area contributed by atoms with Crippen molar-refractivity contribution in [1.29, 1.82) is 0 Å². The van der Waals surface area contributed by atoms with Gasteiger partial charge in [0.05, 0.1) is 12.1 Å². The van der Waals surface area contributed by atoms with Crippen LogP contribution in [0.15, 0.2) is 28.7 Å². The summed E-state index contributed by atoms with van der Waals surface area (Å²) in [6, 6.07) is 7.12. The third kappa shape index (κ3) is 4.55. The molecule has 0 aromatic heterocycles. The summed E-state index contributed by atoms with van der Waals surface area (Å²) in [6.07, 6.45) is 1.49. The number of halogens is 1. The SMILES string of the molecule is CO[C@H]1CNCC1NC(=O)[C@@H]1CCCN1C(=O)NCc1cccc(Br)c1. The summed E-state index contributed by atoms with van der Waals surface area (Å²) >= 11 is 3.42. The lowest BCUT2D eigenvalue weighted by atomic mass is 10.1. The Balaban J connectivity index is 1.55. The zero-order chi connectivity index (χ0) is 18.5. The van der Waals surface area contributed by atoms with Gasteiger partial charge in [0.15, 0.2) is 0 Å². The van der Waals surface area contributed by atoms with E-state index in [2.05, 4.69) is 31.9 Å². The second-order valence-electron chi connectivity index (χ2n) is 6.69. The van der Waals surface area contributed by atoms with Crippen molar-refractivity contribution in [1.82, 2.24) is 20.9 Å². The van der Waals surface area contributed by atoms with Gasteiger partial charge in [-0.05, 0) is 30.5 Å². The Labute approximate surface area is 162 Å². The molecule has 2 aliphatic rings. The second-order valence-corrected chi connectivity index (χ2v) is 7.60. The zero-order valence-corrected chi connectivity index (χ0v) is 16.4. The van der Waals surface area contributed by atoms with Crippen LogP contribution in [0.2, 0.25) is 0 Å². The van der Waals surface area contributed by atoms with Crippen LogP contribution >= 0.6 is 15.9 Å². The lowest BCUT2D eigenvalue weighted by Gasteiger charge is -2.27. The summed E-state index contributed by atoms with van der Waals surface area (Å²) < 4.78 is 6.36. The maximum Gasteiger partial charge on any atom is 0.318 e. The summed E-state index contributed by atoms with van der Waals surface area (Å²) in [7, 11) is 1.65. The Hall–Kier alpha value is -1.64. The molecule has 2 saturated heterocycles. The average molecular weight is 425 g/mol. The number of urea groups is 1. The zero-order valence-electron chi connectivity index (χ0n) is 14.8. The van der Waals surface area contributed by atoms with E-state index in [1.165, 1.54) is 0 Å². The maximum atomic E-state index is 12.7. The second kappa shape index (κ2) is 8.83. The predicted molar refractivity (Wildman–Crippen MR) is 102 cm³/mol. The van der Waals surface area contributed by atoms with Gasteiger partial charge in [0.25, 0.3) is 0 Å². The number of carbonyl (C=O) groups is 2. The third-order valence-corrected chi connectivity index (χ3v) is 5.43. The van der Waals surface area contributed by atoms with Crippen LogP contribution in [0.1, 0.15) is 18.4 Å². The molecule has 0 bridgehead atoms. The van der Waals surface area contributed by atoms with Crippen LogP contribution < -0.4 is 16.0 Å². The van der Waals surface area contributed by atoms with Crippen LogP contribution in [-0.2, 0) is 16.1 Å². The van der Waals surface area contributed by atoms with Crippen LogP contribution in [0.25, 0.3) is 0 Å². The van der Waals surface area contributed by atoms with Crippen molar-refractivity contribution < 1.29 is 14.3 Å². The van der Waals surface area contributed by atoms with Crippen LogP contribution in [-0.4, -0.2) is 61.8 Å². The van der Waals surface area contributed by atoms with E-state index in [0.717, 1.165) is 23.0 Å². The molecule has 2 fully saturated rings. The number of hydrogen-bond acceptors (Lipinski definition) is 4. The minimum Gasteiger partial charge on any atom is -0.378 e. The third-order valence-electron chi connectivity index (χ3n) is 4.94. The van der Waals surface area contributed by atoms with Crippen LogP contribution in [0, 0.1) is 0 Å². The van der Waals surface area contributed by atoms with Crippen LogP contribution in [0.3, 0.4) is 0 Å². The van der Waals surface area contributed by atoms with Crippen molar-refractivity contribution in [2.24, 2.45) is 0 Å². The number of nitrogens with one attached hydrogen (secondary N) is 3. The molecule has 142 valence electrons. The number of benzene rings is 1. The Morgan fingerprint density at radius 1 is 1.38 bits per heavy atom. The van der Waals surface area contributed by atoms with Crippen LogP contribution in [0.5, 0.6) is 0 Å². The number of rotatable bonds is 5. The minimum atomic E-state index is -0.421. The molecule has 3 rings (SSSR count). The van der Waals surface area contributed by atoms with Gasteiger partial charge in [-0.1, -0.05) is 28.1 Å². The van der Waals surface area contributed by atoms with Gasteiger partial charge >= 0.3 is 6.03 Å². The Kier molecular flexibility index (Phi) is 6.50. The molecular formula is C18H25BrN4O3. The van der Waals surface area contributed by atoms with Crippen LogP contribution in [0.4, 0.5) is 4.79 Å². The lowest BCUT2D eigenvalue weighted by Crippen LogP contribution is -2.53. The van der Waals surface area contributed by atoms with Gasteiger partial charge < -0.3 is 25.6 Å². The van der Waals surface area contributed by atoms with E-state index >= 15 is 0 Å². The number of amides is 3. The average Bonchev–Trinajstić information content (AvgIpc) is 3.28. The Morgan fingerprint density at radius 2 is 2.23 bits per heavy atom. The first kappa shape index (κ1) is 19.1. The van der Waals surface area contributed by atoms with E-state index < -0.39 is 6.04 Å². The molecule has 3 amide bonds. The number of nitrogens with zero attached hydrogens (tertiary/aromatic N) is 1. The van der Waals surface area contributed by atoms with E-state index in [-0.39, 0.29) is 24.1 Å². The first-order valence-electron chi connectivity index (χ1n) is 8.91. The topological polar surface area (TPSA) is 82.7 Å². The number of hydrogen-bond donors (Lipinski definition) is 3. The molecule has 1 unspecified atom stereocenters. The minimum absolute atomic E-state index is 0.0286. The Morgan fingerprint density at radius 3 is 3.00 bits per heavy atom. The molecule has 3 atom stereocenters. The van der Waals surface area contributed by atoms with Gasteiger partial charge in [-0.3, -0.25) is 4.79 Å². The highest BCUT2D eigenvalue weighted by molar-refractivity contribution is 9.10. The molecule has 0 aliphatic carbocycles. The van der Waals surface area contributed by atoms with Crippen molar-refractivity contribution in [3.05, 3.63) is 34.3 Å². The van der Waals surface area contributed by atoms with Crippen molar-refractivity contribution >= 4 is 27.9 Å². The molecule has 8 heteroatoms. The summed E-state index contributed by atoms with van der Waals surface area (Å²) in [5, 5.41) is 9.16. The lowest BCUT2D eigenvalue weighted by molar-refractivity contribution is -0.126. The fraction of sp³-hybridized carbons (Fsp3) is 0.556. The van der Waals surface area contributed by atoms with Crippen molar-refractivity contribution in [3.8, 4) is 0 Å². The van der Waals surface area contributed by atoms with Gasteiger partial charge in [-0.15, -0.1) is 0 Å². The van der Waals surface area contributed by atoms with Crippen molar-refractivity contribution in [2.75, 3.05) is 26.7 Å². The molecule has 1 aromatic rings. The molecular weight excluding hydrogens is 400 g/mol. The standard InChI is InChI=1S/C18H25BrN4O3/c1-26-16-11-20-10-14(16)22-17(24)15-6-3-7-23(15)18(25)21-9-12-4-2-5-13(19)8-12/h2,4-5,8,14-16,20H,3,6-7,9-11H2,1H3,(H,21,25)(H,22,24)/t14?,15-,16-/m0/s1. The number of likely N-dealkylation sites (tertiary alicyclic amines) is 1. The van der Waals surface area contributed by atoms with E-state index in [1.54, 1.807) is 12.0 Å². The monoisotopic (exact) mass is 424 g/mol. The molecule has 26 heavy (non-hydrogen) atoms. The number of ether oxygens (including phenoxy) is 1. The van der Waals surface area contributed by atoms with Gasteiger partial charge in [0.2, 0.25) is 5.91 Å². The molecule has 0 radical (unpaired) electrons. The quantitative estimate of drug-likeness (QED) is 0.663. The fourth-order valence-corrected chi connectivity index (χ4v) is 3.98. The van der Waals surface area contributed by atoms with Gasteiger partial charge in [0, 0.05) is 37.8 Å². The summed E-state index contributed by atoms with van der Waals surface area (Å²) in [5.74, 6) is -0.101. The molecule has 2 heterocycles. The first-order valence-corrected chi connectivity index (χ1v) is 9.70. The molecule has 3 N–H and O–H groups in total. The summed E-state index contributed by atoms with van der Waals surface area (Å²) in [4.78, 5) is 26.9. The van der Waals surface area contributed by atoms with Gasteiger partial charge in [-0.2, -0.15) is 0 Å². The van der Waals surface area contributed by atoms with Crippen molar-refractivity contribution in [2.45, 2.75) is 37.6 Å². The molecule has 2 aliphatic heterocycles. The number of methoxy groups -OCH3 is 1. The summed E-state index contributed by atoms with van der Waals surface area (Å²) in [6.45, 7) is 2.44. The van der Waals surface area contributed by atoms with Gasteiger partial charge in [-0.25, -0.2) is 4.79 Å². The largest absolute Gasteiger partial charge is 0.378 e. The van der Waals surface area contributed by atoms with Crippen molar-refractivity contribution in [3.63, 3.8) is 0 Å². The molecule has 0 saturated carbocycles. The first-order chi connectivity index (χ1) is 12.6. The van der Waals surface area contributed by atoms with E-state index in [9.17, 15) is 9.59 Å². The number of carbonyl (C=O) groups excluding carboxylic acids is 2. The normalized spacial score (nSPS) is 25.3. The Bertz CT molecular complexity index is 657.